The first-order valence-electron chi connectivity index (χ1n) is 4.85. The molecule has 16 heavy (non-hydrogen) atoms. The normalized spacial score (nSPS) is 13.2. The average Bonchev–Trinajstić information content (AvgIpc) is 2.67. The third kappa shape index (κ3) is 1.58. The Bertz CT molecular complexity index is 522. The number of hydrogen-bond acceptors (Lipinski definition) is 2. The van der Waals surface area contributed by atoms with Crippen molar-refractivity contribution in [3.63, 3.8) is 0 Å². The highest BCUT2D eigenvalue weighted by Crippen LogP contribution is 2.31. The SMILES string of the molecule is CC(N=O)c1cn(C(F)F)c2ccccc12. The second-order valence-corrected chi connectivity index (χ2v) is 3.57. The van der Waals surface area contributed by atoms with Crippen molar-refractivity contribution in [3.05, 3.63) is 40.9 Å². The van der Waals surface area contributed by atoms with Gasteiger partial charge < -0.3 is 0 Å². The molecule has 0 aliphatic carbocycles. The number of aromatic nitrogens is 1. The summed E-state index contributed by atoms with van der Waals surface area (Å²) in [6, 6.07) is 6.13. The van der Waals surface area contributed by atoms with Crippen LogP contribution in [0.15, 0.2) is 35.6 Å². The summed E-state index contributed by atoms with van der Waals surface area (Å²) in [5.74, 6) is 0. The van der Waals surface area contributed by atoms with E-state index in [0.29, 0.717) is 16.5 Å². The van der Waals surface area contributed by atoms with Gasteiger partial charge in [-0.3, -0.25) is 4.57 Å². The smallest absolute Gasteiger partial charge is 0.291 e. The Kier molecular flexibility index (Phi) is 2.68. The lowest BCUT2D eigenvalue weighted by Crippen LogP contribution is -1.95. The van der Waals surface area contributed by atoms with Gasteiger partial charge in [-0.1, -0.05) is 23.4 Å². The van der Waals surface area contributed by atoms with Gasteiger partial charge in [0.05, 0.1) is 5.52 Å². The van der Waals surface area contributed by atoms with Crippen LogP contribution in [0.3, 0.4) is 0 Å². The van der Waals surface area contributed by atoms with Crippen molar-refractivity contribution in [1.29, 1.82) is 0 Å². The number of halogens is 2. The van der Waals surface area contributed by atoms with Crippen LogP contribution in [-0.2, 0) is 0 Å². The number of nitroso groups, excluding NO2 is 1. The van der Waals surface area contributed by atoms with Crippen LogP contribution >= 0.6 is 0 Å². The first-order valence-corrected chi connectivity index (χ1v) is 4.85. The molecule has 0 bridgehead atoms. The summed E-state index contributed by atoms with van der Waals surface area (Å²) in [6.07, 6.45) is 1.29. The summed E-state index contributed by atoms with van der Waals surface area (Å²) in [7, 11) is 0. The lowest BCUT2D eigenvalue weighted by molar-refractivity contribution is 0.0750. The maximum Gasteiger partial charge on any atom is 0.319 e. The van der Waals surface area contributed by atoms with Crippen LogP contribution in [0, 0.1) is 4.91 Å². The van der Waals surface area contributed by atoms with E-state index in [0.717, 1.165) is 4.57 Å². The Morgan fingerprint density at radius 3 is 2.62 bits per heavy atom. The Balaban J connectivity index is 2.71. The molecule has 0 spiro atoms. The van der Waals surface area contributed by atoms with Gasteiger partial charge in [0.25, 0.3) is 0 Å². The molecule has 0 saturated carbocycles. The fourth-order valence-corrected chi connectivity index (χ4v) is 1.78. The second kappa shape index (κ2) is 4.00. The first kappa shape index (κ1) is 10.7. The zero-order valence-corrected chi connectivity index (χ0v) is 8.60. The predicted molar refractivity (Wildman–Crippen MR) is 57.4 cm³/mol. The molecule has 0 amide bonds. The molecule has 0 aliphatic heterocycles. The standard InChI is InChI=1S/C11H10F2N2O/c1-7(14-16)9-6-15(11(12)13)10-5-3-2-4-8(9)10/h2-7,11H,1H3. The Morgan fingerprint density at radius 1 is 1.31 bits per heavy atom. The molecule has 0 fully saturated rings. The highest BCUT2D eigenvalue weighted by molar-refractivity contribution is 5.84. The molecule has 0 aliphatic rings. The Morgan fingerprint density at radius 2 is 2.00 bits per heavy atom. The fraction of sp³-hybridized carbons (Fsp3) is 0.273. The van der Waals surface area contributed by atoms with E-state index in [1.54, 1.807) is 31.2 Å². The number of hydrogen-bond donors (Lipinski definition) is 0. The third-order valence-corrected chi connectivity index (χ3v) is 2.59. The molecular formula is C11H10F2N2O. The highest BCUT2D eigenvalue weighted by Gasteiger charge is 2.17. The van der Waals surface area contributed by atoms with Crippen molar-refractivity contribution < 1.29 is 8.78 Å². The van der Waals surface area contributed by atoms with Crippen LogP contribution in [0.25, 0.3) is 10.9 Å². The van der Waals surface area contributed by atoms with E-state index in [1.165, 1.54) is 6.20 Å². The van der Waals surface area contributed by atoms with Crippen molar-refractivity contribution in [2.45, 2.75) is 19.5 Å². The number of alkyl halides is 2. The number of rotatable bonds is 3. The summed E-state index contributed by atoms with van der Waals surface area (Å²) < 4.78 is 26.3. The highest BCUT2D eigenvalue weighted by atomic mass is 19.3. The zero-order chi connectivity index (χ0) is 11.7. The molecule has 0 radical (unpaired) electrons. The lowest BCUT2D eigenvalue weighted by Gasteiger charge is -2.01. The average molecular weight is 224 g/mol. The van der Waals surface area contributed by atoms with E-state index in [1.807, 2.05) is 0 Å². The van der Waals surface area contributed by atoms with E-state index >= 15 is 0 Å². The minimum atomic E-state index is -2.61. The second-order valence-electron chi connectivity index (χ2n) is 3.57. The Hall–Kier alpha value is -1.78. The van der Waals surface area contributed by atoms with Gasteiger partial charge in [-0.15, -0.1) is 0 Å². The largest absolute Gasteiger partial charge is 0.319 e. The van der Waals surface area contributed by atoms with Gasteiger partial charge in [0.2, 0.25) is 0 Å². The monoisotopic (exact) mass is 224 g/mol. The van der Waals surface area contributed by atoms with Gasteiger partial charge in [0.1, 0.15) is 6.04 Å². The first-order chi connectivity index (χ1) is 7.65. The van der Waals surface area contributed by atoms with Gasteiger partial charge >= 0.3 is 6.55 Å². The molecule has 1 aromatic heterocycles. The maximum atomic E-state index is 12.7. The summed E-state index contributed by atoms with van der Waals surface area (Å²) in [6.45, 7) is -1.03. The summed E-state index contributed by atoms with van der Waals surface area (Å²) >= 11 is 0. The quantitative estimate of drug-likeness (QED) is 0.729. The van der Waals surface area contributed by atoms with Crippen molar-refractivity contribution in [3.8, 4) is 0 Å². The molecule has 3 nitrogen and oxygen atoms in total. The predicted octanol–water partition coefficient (Wildman–Crippen LogP) is 3.86. The van der Waals surface area contributed by atoms with E-state index in [-0.39, 0.29) is 0 Å². The number of para-hydroxylation sites is 1. The van der Waals surface area contributed by atoms with Crippen molar-refractivity contribution in [1.82, 2.24) is 4.57 Å². The van der Waals surface area contributed by atoms with Crippen LogP contribution in [0.5, 0.6) is 0 Å². The molecule has 2 rings (SSSR count). The molecule has 1 atom stereocenters. The lowest BCUT2D eigenvalue weighted by atomic mass is 10.1. The van der Waals surface area contributed by atoms with Crippen LogP contribution in [-0.4, -0.2) is 4.57 Å². The van der Waals surface area contributed by atoms with E-state index in [9.17, 15) is 13.7 Å². The van der Waals surface area contributed by atoms with Gasteiger partial charge in [-0.25, -0.2) is 0 Å². The molecule has 1 unspecified atom stereocenters. The molecule has 0 saturated heterocycles. The number of benzene rings is 1. The van der Waals surface area contributed by atoms with Crippen LogP contribution in [0.4, 0.5) is 8.78 Å². The molecule has 84 valence electrons. The molecule has 5 heteroatoms. The molecule has 1 aromatic carbocycles. The molecular weight excluding hydrogens is 214 g/mol. The van der Waals surface area contributed by atoms with E-state index in [4.69, 9.17) is 0 Å². The van der Waals surface area contributed by atoms with Crippen molar-refractivity contribution in [2.75, 3.05) is 0 Å². The summed E-state index contributed by atoms with van der Waals surface area (Å²) in [4.78, 5) is 10.5. The van der Waals surface area contributed by atoms with Crippen LogP contribution in [0.2, 0.25) is 0 Å². The van der Waals surface area contributed by atoms with Crippen LogP contribution < -0.4 is 0 Å². The van der Waals surface area contributed by atoms with Gasteiger partial charge in [-0.05, 0) is 13.0 Å². The summed E-state index contributed by atoms with van der Waals surface area (Å²) in [5, 5.41) is 3.52. The topological polar surface area (TPSA) is 34.4 Å². The van der Waals surface area contributed by atoms with E-state index in [2.05, 4.69) is 5.18 Å². The van der Waals surface area contributed by atoms with Crippen molar-refractivity contribution in [2.24, 2.45) is 5.18 Å². The maximum absolute atomic E-state index is 12.7. The van der Waals surface area contributed by atoms with Gasteiger partial charge in [0.15, 0.2) is 0 Å². The minimum Gasteiger partial charge on any atom is -0.291 e. The van der Waals surface area contributed by atoms with Crippen molar-refractivity contribution >= 4 is 10.9 Å². The van der Waals surface area contributed by atoms with Gasteiger partial charge in [-0.2, -0.15) is 13.7 Å². The van der Waals surface area contributed by atoms with Crippen LogP contribution in [0.1, 0.15) is 25.1 Å². The zero-order valence-electron chi connectivity index (χ0n) is 8.60. The fourth-order valence-electron chi connectivity index (χ4n) is 1.78. The Labute approximate surface area is 90.7 Å². The van der Waals surface area contributed by atoms with Gasteiger partial charge in [0, 0.05) is 17.1 Å². The minimum absolute atomic E-state index is 0.419. The third-order valence-electron chi connectivity index (χ3n) is 2.59. The molecule has 1 heterocycles. The molecule has 0 N–H and O–H groups in total. The van der Waals surface area contributed by atoms with E-state index < -0.39 is 12.6 Å². The number of fused-ring (bicyclic) bond motifs is 1. The molecule has 2 aromatic rings. The number of nitrogens with zero attached hydrogens (tertiary/aromatic N) is 2. The summed E-state index contributed by atoms with van der Waals surface area (Å²) in [5.41, 5.74) is 0.953.